The Kier molecular flexibility index (Phi) is 4.45. The van der Waals surface area contributed by atoms with Crippen LogP contribution in [0.25, 0.3) is 5.65 Å². The molecule has 0 bridgehead atoms. The molecule has 0 unspecified atom stereocenters. The van der Waals surface area contributed by atoms with Crippen molar-refractivity contribution in [3.05, 3.63) is 65.6 Å². The maximum absolute atomic E-state index is 12.7. The maximum atomic E-state index is 12.7. The second-order valence-electron chi connectivity index (χ2n) is 6.47. The molecule has 4 rings (SSSR count). The van der Waals surface area contributed by atoms with Gasteiger partial charge in [-0.15, -0.1) is 0 Å². The summed E-state index contributed by atoms with van der Waals surface area (Å²) in [6.45, 7) is 2.94. The fraction of sp³-hybridized carbons (Fsp3) is 0.263. The average Bonchev–Trinajstić information content (AvgIpc) is 3.13. The van der Waals surface area contributed by atoms with Crippen LogP contribution in [0.1, 0.15) is 21.6 Å². The van der Waals surface area contributed by atoms with E-state index in [-0.39, 0.29) is 18.6 Å². The number of amides is 2. The second kappa shape index (κ2) is 7.06. The first-order valence-electron chi connectivity index (χ1n) is 8.67. The molecule has 0 spiro atoms. The number of benzene rings is 1. The van der Waals surface area contributed by atoms with Gasteiger partial charge in [-0.2, -0.15) is 5.10 Å². The molecule has 2 aromatic heterocycles. The largest absolute Gasteiger partial charge is 0.445 e. The van der Waals surface area contributed by atoms with Gasteiger partial charge in [0.15, 0.2) is 5.65 Å². The van der Waals surface area contributed by atoms with Crippen LogP contribution in [-0.4, -0.2) is 50.6 Å². The molecule has 8 nitrogen and oxygen atoms in total. The molecule has 2 amide bonds. The van der Waals surface area contributed by atoms with Crippen LogP contribution >= 0.6 is 0 Å². The van der Waals surface area contributed by atoms with Crippen molar-refractivity contribution >= 4 is 17.6 Å². The molecule has 0 aliphatic carbocycles. The predicted octanol–water partition coefficient (Wildman–Crippen LogP) is 1.79. The molecule has 3 aromatic rings. The van der Waals surface area contributed by atoms with Crippen LogP contribution in [0.5, 0.6) is 0 Å². The van der Waals surface area contributed by atoms with Crippen LogP contribution in [0.4, 0.5) is 4.79 Å². The summed E-state index contributed by atoms with van der Waals surface area (Å²) in [5, 5.41) is 6.95. The van der Waals surface area contributed by atoms with Crippen molar-refractivity contribution in [1.29, 1.82) is 0 Å². The van der Waals surface area contributed by atoms with Crippen LogP contribution in [0.15, 0.2) is 48.8 Å². The van der Waals surface area contributed by atoms with E-state index in [0.717, 1.165) is 11.3 Å². The van der Waals surface area contributed by atoms with Gasteiger partial charge in [0, 0.05) is 25.4 Å². The molecule has 1 aliphatic heterocycles. The summed E-state index contributed by atoms with van der Waals surface area (Å²) in [5.41, 5.74) is 2.88. The van der Waals surface area contributed by atoms with Gasteiger partial charge < -0.3 is 15.0 Å². The van der Waals surface area contributed by atoms with E-state index in [9.17, 15) is 9.59 Å². The summed E-state index contributed by atoms with van der Waals surface area (Å²) in [4.78, 5) is 30.5. The lowest BCUT2D eigenvalue weighted by Crippen LogP contribution is -2.61. The number of hydrogen-bond acceptors (Lipinski definition) is 5. The molecule has 27 heavy (non-hydrogen) atoms. The van der Waals surface area contributed by atoms with Gasteiger partial charge in [-0.05, 0) is 12.5 Å². The number of hydrogen-bond donors (Lipinski definition) is 1. The topological polar surface area (TPSA) is 88.8 Å². The number of ether oxygens (including phenoxy) is 1. The number of nitrogens with zero attached hydrogens (tertiary/aromatic N) is 4. The smallest absolute Gasteiger partial charge is 0.407 e. The molecule has 8 heteroatoms. The maximum Gasteiger partial charge on any atom is 0.407 e. The van der Waals surface area contributed by atoms with E-state index in [1.54, 1.807) is 27.9 Å². The molecular formula is C19H19N5O3. The summed E-state index contributed by atoms with van der Waals surface area (Å²) >= 11 is 0. The lowest BCUT2D eigenvalue weighted by molar-refractivity contribution is 0.0543. The van der Waals surface area contributed by atoms with Gasteiger partial charge in [0.05, 0.1) is 23.5 Å². The van der Waals surface area contributed by atoms with Crippen molar-refractivity contribution in [2.24, 2.45) is 0 Å². The standard InChI is InChI=1S/C19H19N5O3/c1-13-16(9-20-17-7-8-21-24(13)17)18(25)23-10-15(11-23)22-19(26)27-12-14-5-3-2-4-6-14/h2-9,15H,10-12H2,1H3,(H,22,26). The first kappa shape index (κ1) is 17.0. The number of nitrogens with one attached hydrogen (secondary N) is 1. The number of carbonyl (C=O) groups is 2. The number of rotatable bonds is 4. The second-order valence-corrected chi connectivity index (χ2v) is 6.47. The minimum atomic E-state index is -0.480. The number of carbonyl (C=O) groups excluding carboxylic acids is 2. The number of alkyl carbamates (subject to hydrolysis) is 1. The Morgan fingerprint density at radius 2 is 2.00 bits per heavy atom. The Labute approximate surface area is 155 Å². The Morgan fingerprint density at radius 1 is 1.22 bits per heavy atom. The molecular weight excluding hydrogens is 346 g/mol. The molecule has 1 aromatic carbocycles. The Bertz CT molecular complexity index is 979. The first-order chi connectivity index (χ1) is 13.1. The Balaban J connectivity index is 1.29. The molecule has 138 valence electrons. The lowest BCUT2D eigenvalue weighted by Gasteiger charge is -2.39. The number of aromatic nitrogens is 3. The van der Waals surface area contributed by atoms with Crippen LogP contribution in [0.2, 0.25) is 0 Å². The fourth-order valence-electron chi connectivity index (χ4n) is 3.04. The Morgan fingerprint density at radius 3 is 2.78 bits per heavy atom. The van der Waals surface area contributed by atoms with E-state index in [0.29, 0.717) is 24.3 Å². The van der Waals surface area contributed by atoms with E-state index < -0.39 is 6.09 Å². The Hall–Kier alpha value is -3.42. The zero-order valence-electron chi connectivity index (χ0n) is 14.8. The van der Waals surface area contributed by atoms with E-state index >= 15 is 0 Å². The van der Waals surface area contributed by atoms with E-state index in [2.05, 4.69) is 15.4 Å². The predicted molar refractivity (Wildman–Crippen MR) is 97.2 cm³/mol. The monoisotopic (exact) mass is 365 g/mol. The van der Waals surface area contributed by atoms with Crippen LogP contribution in [-0.2, 0) is 11.3 Å². The highest BCUT2D eigenvalue weighted by molar-refractivity contribution is 5.95. The highest BCUT2D eigenvalue weighted by atomic mass is 16.5. The summed E-state index contributed by atoms with van der Waals surface area (Å²) in [6, 6.07) is 11.1. The molecule has 0 atom stereocenters. The van der Waals surface area contributed by atoms with E-state index in [1.807, 2.05) is 37.3 Å². The minimum absolute atomic E-state index is 0.112. The van der Waals surface area contributed by atoms with Crippen molar-refractivity contribution in [2.45, 2.75) is 19.6 Å². The minimum Gasteiger partial charge on any atom is -0.445 e. The third-order valence-corrected chi connectivity index (χ3v) is 4.59. The van der Waals surface area contributed by atoms with Crippen molar-refractivity contribution in [2.75, 3.05) is 13.1 Å². The number of aryl methyl sites for hydroxylation is 1. The third-order valence-electron chi connectivity index (χ3n) is 4.59. The molecule has 1 saturated heterocycles. The normalized spacial score (nSPS) is 14.0. The fourth-order valence-corrected chi connectivity index (χ4v) is 3.04. The zero-order valence-corrected chi connectivity index (χ0v) is 14.8. The summed E-state index contributed by atoms with van der Waals surface area (Å²) in [5.74, 6) is -0.117. The van der Waals surface area contributed by atoms with Crippen LogP contribution in [0, 0.1) is 6.92 Å². The quantitative estimate of drug-likeness (QED) is 0.761. The van der Waals surface area contributed by atoms with Gasteiger partial charge >= 0.3 is 6.09 Å². The summed E-state index contributed by atoms with van der Waals surface area (Å²) < 4.78 is 6.84. The third kappa shape index (κ3) is 3.46. The van der Waals surface area contributed by atoms with Gasteiger partial charge in [0.1, 0.15) is 6.61 Å². The van der Waals surface area contributed by atoms with Crippen LogP contribution in [0.3, 0.4) is 0 Å². The van der Waals surface area contributed by atoms with Gasteiger partial charge in [-0.3, -0.25) is 4.79 Å². The van der Waals surface area contributed by atoms with Gasteiger partial charge in [-0.25, -0.2) is 14.3 Å². The zero-order chi connectivity index (χ0) is 18.8. The van der Waals surface area contributed by atoms with Gasteiger partial charge in [0.2, 0.25) is 0 Å². The summed E-state index contributed by atoms with van der Waals surface area (Å²) in [7, 11) is 0. The highest BCUT2D eigenvalue weighted by Gasteiger charge is 2.33. The molecule has 0 saturated carbocycles. The first-order valence-corrected chi connectivity index (χ1v) is 8.67. The highest BCUT2D eigenvalue weighted by Crippen LogP contribution is 2.17. The number of fused-ring (bicyclic) bond motifs is 1. The van der Waals surface area contributed by atoms with Crippen molar-refractivity contribution in [3.63, 3.8) is 0 Å². The van der Waals surface area contributed by atoms with Crippen molar-refractivity contribution < 1.29 is 14.3 Å². The molecule has 1 fully saturated rings. The van der Waals surface area contributed by atoms with E-state index in [1.165, 1.54) is 0 Å². The number of likely N-dealkylation sites (tertiary alicyclic amines) is 1. The van der Waals surface area contributed by atoms with Gasteiger partial charge in [-0.1, -0.05) is 30.3 Å². The molecule has 0 radical (unpaired) electrons. The van der Waals surface area contributed by atoms with Gasteiger partial charge in [0.25, 0.3) is 5.91 Å². The van der Waals surface area contributed by atoms with E-state index in [4.69, 9.17) is 4.74 Å². The van der Waals surface area contributed by atoms with Crippen molar-refractivity contribution in [3.8, 4) is 0 Å². The average molecular weight is 365 g/mol. The molecule has 1 N–H and O–H groups in total. The molecule has 1 aliphatic rings. The summed E-state index contributed by atoms with van der Waals surface area (Å²) in [6.07, 6.45) is 2.74. The molecule has 3 heterocycles. The van der Waals surface area contributed by atoms with Crippen LogP contribution < -0.4 is 5.32 Å². The lowest BCUT2D eigenvalue weighted by atomic mass is 10.1. The SMILES string of the molecule is Cc1c(C(=O)N2CC(NC(=O)OCc3ccccc3)C2)cnc2ccnn12. The van der Waals surface area contributed by atoms with Crippen molar-refractivity contribution in [1.82, 2.24) is 24.8 Å².